The summed E-state index contributed by atoms with van der Waals surface area (Å²) < 4.78 is 1.63. The van der Waals surface area contributed by atoms with Gasteiger partial charge in [-0.15, -0.1) is 0 Å². The molecule has 0 radical (unpaired) electrons. The molecule has 0 saturated carbocycles. The number of halogens is 1. The first-order valence-electron chi connectivity index (χ1n) is 13.0. The average Bonchev–Trinajstić information content (AvgIpc) is 2.99. The maximum absolute atomic E-state index is 14.5. The van der Waals surface area contributed by atoms with Crippen LogP contribution in [0.1, 0.15) is 18.7 Å². The quantitative estimate of drug-likeness (QED) is 0.272. The molecule has 4 heterocycles. The molecule has 6 aromatic rings. The lowest BCUT2D eigenvalue weighted by Crippen LogP contribution is -2.27. The second-order valence-electron chi connectivity index (χ2n) is 9.86. The number of hydrogen-bond acceptors (Lipinski definition) is 7. The van der Waals surface area contributed by atoms with Crippen LogP contribution in [-0.2, 0) is 0 Å². The molecule has 41 heavy (non-hydrogen) atoms. The van der Waals surface area contributed by atoms with Gasteiger partial charge in [0.1, 0.15) is 29.0 Å². The Balaban J connectivity index is 1.59. The van der Waals surface area contributed by atoms with E-state index in [0.717, 1.165) is 16.9 Å². The normalized spacial score (nSPS) is 12.0. The number of fused-ring (bicyclic) bond motifs is 2. The van der Waals surface area contributed by atoms with E-state index in [4.69, 9.17) is 11.6 Å². The summed E-state index contributed by atoms with van der Waals surface area (Å²) in [6.45, 7) is 1.88. The molecule has 0 aliphatic rings. The summed E-state index contributed by atoms with van der Waals surface area (Å²) in [6.07, 6.45) is 4.68. The molecule has 0 fully saturated rings. The number of aromatic nitrogens is 5. The molecular formula is C31H26ClN7O2. The Labute approximate surface area is 240 Å². The van der Waals surface area contributed by atoms with E-state index in [1.165, 1.54) is 12.4 Å². The molecule has 1 atom stereocenters. The van der Waals surface area contributed by atoms with Crippen molar-refractivity contribution in [2.24, 2.45) is 0 Å². The number of hydrogen-bond donors (Lipinski definition) is 2. The van der Waals surface area contributed by atoms with Gasteiger partial charge in [0.25, 0.3) is 5.56 Å². The van der Waals surface area contributed by atoms with E-state index >= 15 is 0 Å². The van der Waals surface area contributed by atoms with Crippen molar-refractivity contribution in [1.82, 2.24) is 24.5 Å². The van der Waals surface area contributed by atoms with Crippen molar-refractivity contribution in [3.05, 3.63) is 117 Å². The molecule has 0 aliphatic carbocycles. The van der Waals surface area contributed by atoms with Gasteiger partial charge in [-0.1, -0.05) is 48.0 Å². The zero-order chi connectivity index (χ0) is 28.7. The van der Waals surface area contributed by atoms with E-state index in [-0.39, 0.29) is 11.0 Å². The van der Waals surface area contributed by atoms with Crippen LogP contribution in [0.5, 0.6) is 0 Å². The van der Waals surface area contributed by atoms with Crippen molar-refractivity contribution in [3.63, 3.8) is 0 Å². The number of pyridine rings is 3. The second-order valence-corrected chi connectivity index (χ2v) is 10.2. The lowest BCUT2D eigenvalue weighted by molar-refractivity contribution is 0.774. The van der Waals surface area contributed by atoms with Crippen LogP contribution in [0.15, 0.2) is 95.0 Å². The fourth-order valence-electron chi connectivity index (χ4n) is 5.08. The molecule has 10 heteroatoms. The van der Waals surface area contributed by atoms with Gasteiger partial charge in [0.15, 0.2) is 5.43 Å². The van der Waals surface area contributed by atoms with Crippen LogP contribution >= 0.6 is 11.6 Å². The largest absolute Gasteiger partial charge is 0.363 e. The van der Waals surface area contributed by atoms with Gasteiger partial charge in [0.2, 0.25) is 0 Å². The van der Waals surface area contributed by atoms with Gasteiger partial charge in [-0.05, 0) is 36.8 Å². The van der Waals surface area contributed by atoms with Gasteiger partial charge in [-0.3, -0.25) is 14.2 Å². The molecule has 2 N–H and O–H groups in total. The Morgan fingerprint density at radius 3 is 2.46 bits per heavy atom. The van der Waals surface area contributed by atoms with Crippen LogP contribution in [0.25, 0.3) is 38.6 Å². The van der Waals surface area contributed by atoms with E-state index in [1.807, 2.05) is 86.6 Å². The summed E-state index contributed by atoms with van der Waals surface area (Å²) in [4.78, 5) is 45.1. The molecular weight excluding hydrogens is 538 g/mol. The topological polar surface area (TPSA) is 109 Å². The van der Waals surface area contributed by atoms with Crippen molar-refractivity contribution in [3.8, 4) is 16.8 Å². The summed E-state index contributed by atoms with van der Waals surface area (Å²) in [7, 11) is 3.85. The predicted octanol–water partition coefficient (Wildman–Crippen LogP) is 5.58. The van der Waals surface area contributed by atoms with Crippen LogP contribution in [0.2, 0.25) is 5.02 Å². The van der Waals surface area contributed by atoms with E-state index in [2.05, 4.69) is 25.3 Å². The Kier molecular flexibility index (Phi) is 6.72. The van der Waals surface area contributed by atoms with Crippen LogP contribution in [0.3, 0.4) is 0 Å². The van der Waals surface area contributed by atoms with Gasteiger partial charge in [-0.25, -0.2) is 15.0 Å². The van der Waals surface area contributed by atoms with Gasteiger partial charge < -0.3 is 15.2 Å². The number of para-hydroxylation sites is 1. The summed E-state index contributed by atoms with van der Waals surface area (Å²) in [6, 6.07) is 19.8. The zero-order valence-corrected chi connectivity index (χ0v) is 23.3. The number of H-pyrrole nitrogens is 1. The molecule has 0 bridgehead atoms. The van der Waals surface area contributed by atoms with Crippen molar-refractivity contribution < 1.29 is 0 Å². The molecule has 6 rings (SSSR count). The first-order valence-corrected chi connectivity index (χ1v) is 13.4. The van der Waals surface area contributed by atoms with Crippen LogP contribution in [0, 0.1) is 0 Å². The monoisotopic (exact) mass is 563 g/mol. The third kappa shape index (κ3) is 4.60. The number of nitrogens with one attached hydrogen (secondary N) is 2. The van der Waals surface area contributed by atoms with E-state index < -0.39 is 6.04 Å². The van der Waals surface area contributed by atoms with Crippen molar-refractivity contribution in [2.45, 2.75) is 13.0 Å². The maximum Gasteiger partial charge on any atom is 0.263 e. The lowest BCUT2D eigenvalue weighted by atomic mass is 9.98. The van der Waals surface area contributed by atoms with E-state index in [9.17, 15) is 9.59 Å². The zero-order valence-electron chi connectivity index (χ0n) is 22.6. The van der Waals surface area contributed by atoms with Crippen molar-refractivity contribution in [1.29, 1.82) is 0 Å². The third-order valence-electron chi connectivity index (χ3n) is 7.03. The minimum atomic E-state index is -0.526. The molecule has 2 aromatic carbocycles. The first kappa shape index (κ1) is 26.2. The van der Waals surface area contributed by atoms with Crippen LogP contribution < -0.4 is 21.2 Å². The molecule has 0 amide bonds. The first-order chi connectivity index (χ1) is 19.8. The Morgan fingerprint density at radius 1 is 0.927 bits per heavy atom. The minimum Gasteiger partial charge on any atom is -0.363 e. The highest BCUT2D eigenvalue weighted by atomic mass is 35.5. The average molecular weight is 564 g/mol. The summed E-state index contributed by atoms with van der Waals surface area (Å²) in [5, 5.41) is 5.16. The number of rotatable bonds is 6. The lowest BCUT2D eigenvalue weighted by Gasteiger charge is -2.24. The van der Waals surface area contributed by atoms with Gasteiger partial charge in [0.05, 0.1) is 22.1 Å². The summed E-state index contributed by atoms with van der Waals surface area (Å²) in [5.74, 6) is 1.15. The number of nitrogens with zero attached hydrogens (tertiary/aromatic N) is 5. The van der Waals surface area contributed by atoms with Gasteiger partial charge in [-0.2, -0.15) is 0 Å². The SMILES string of the molecule is C[C@H](Nc1ncnc2[nH]ccc(=O)c12)c1c(Cl)c2cccc(-c3ccc(N(C)C)nc3)c2c(=O)n1-c1ccccc1. The highest BCUT2D eigenvalue weighted by molar-refractivity contribution is 6.36. The molecule has 0 aliphatic heterocycles. The fourth-order valence-corrected chi connectivity index (χ4v) is 5.49. The fraction of sp³-hybridized carbons (Fsp3) is 0.129. The van der Waals surface area contributed by atoms with E-state index in [1.54, 1.807) is 17.0 Å². The smallest absolute Gasteiger partial charge is 0.263 e. The summed E-state index contributed by atoms with van der Waals surface area (Å²) >= 11 is 7.18. The predicted molar refractivity (Wildman–Crippen MR) is 164 cm³/mol. The van der Waals surface area contributed by atoms with Crippen molar-refractivity contribution in [2.75, 3.05) is 24.3 Å². The molecule has 0 saturated heterocycles. The Hall–Kier alpha value is -5.02. The molecule has 204 valence electrons. The second kappa shape index (κ2) is 10.5. The summed E-state index contributed by atoms with van der Waals surface area (Å²) in [5.41, 5.74) is 2.69. The number of aromatic amines is 1. The van der Waals surface area contributed by atoms with Gasteiger partial charge >= 0.3 is 0 Å². The maximum atomic E-state index is 14.5. The molecule has 9 nitrogen and oxygen atoms in total. The van der Waals surface area contributed by atoms with Crippen molar-refractivity contribution >= 4 is 45.0 Å². The Morgan fingerprint density at radius 2 is 1.73 bits per heavy atom. The van der Waals surface area contributed by atoms with Crippen LogP contribution in [0.4, 0.5) is 11.6 Å². The Bertz CT molecular complexity index is 2020. The standard InChI is InChI=1S/C31H26ClN7O2/c1-18(37-30-26-23(40)14-15-33-29(26)35-17-36-30)28-27(32)22-11-7-10-21(19-12-13-24(34-16-19)38(2)3)25(22)31(41)39(28)20-8-5-4-6-9-20/h4-18H,1-3H3,(H2,33,35,36,37,40)/t18-/m0/s1. The molecule has 0 unspecified atom stereocenters. The highest BCUT2D eigenvalue weighted by Crippen LogP contribution is 2.36. The minimum absolute atomic E-state index is 0.224. The van der Waals surface area contributed by atoms with E-state index in [0.29, 0.717) is 44.0 Å². The highest BCUT2D eigenvalue weighted by Gasteiger charge is 2.24. The third-order valence-corrected chi connectivity index (χ3v) is 7.42. The molecule has 0 spiro atoms. The molecule has 4 aromatic heterocycles. The number of anilines is 2. The van der Waals surface area contributed by atoms with Gasteiger partial charge in [0, 0.05) is 49.2 Å². The number of benzene rings is 2. The van der Waals surface area contributed by atoms with Crippen LogP contribution in [-0.4, -0.2) is 38.6 Å².